The average molecular weight is 293 g/mol. The van der Waals surface area contributed by atoms with E-state index in [1.807, 2.05) is 24.3 Å². The van der Waals surface area contributed by atoms with Gasteiger partial charge in [-0.25, -0.2) is 9.97 Å². The summed E-state index contributed by atoms with van der Waals surface area (Å²) in [5, 5.41) is 0. The van der Waals surface area contributed by atoms with Crippen LogP contribution in [0.2, 0.25) is 0 Å². The highest BCUT2D eigenvalue weighted by molar-refractivity contribution is 9.10. The van der Waals surface area contributed by atoms with Crippen molar-refractivity contribution in [2.24, 2.45) is 0 Å². The normalized spacial score (nSPS) is 10.2. The Balaban J connectivity index is 2.17. The molecule has 2 aromatic heterocycles. The first kappa shape index (κ1) is 12.0. The lowest BCUT2D eigenvalue weighted by Crippen LogP contribution is -2.23. The molecule has 0 spiro atoms. The van der Waals surface area contributed by atoms with Gasteiger partial charge in [0.1, 0.15) is 16.7 Å². The van der Waals surface area contributed by atoms with Crippen LogP contribution in [-0.4, -0.2) is 21.5 Å². The van der Waals surface area contributed by atoms with E-state index in [1.54, 1.807) is 12.5 Å². The predicted octanol–water partition coefficient (Wildman–Crippen LogP) is 2.66. The predicted molar refractivity (Wildman–Crippen MR) is 70.7 cm³/mol. The minimum absolute atomic E-state index is 0.751. The molecule has 2 rings (SSSR count). The van der Waals surface area contributed by atoms with Gasteiger partial charge in [-0.1, -0.05) is 6.07 Å². The maximum Gasteiger partial charge on any atom is 0.133 e. The molecule has 0 N–H and O–H groups in total. The lowest BCUT2D eigenvalue weighted by atomic mass is 10.3. The Kier molecular flexibility index (Phi) is 4.03. The quantitative estimate of drug-likeness (QED) is 0.813. The number of pyridine rings is 1. The minimum atomic E-state index is 0.751. The second-order valence-corrected chi connectivity index (χ2v) is 4.35. The van der Waals surface area contributed by atoms with Crippen molar-refractivity contribution in [1.82, 2.24) is 15.0 Å². The van der Waals surface area contributed by atoms with E-state index in [0.29, 0.717) is 0 Å². The van der Waals surface area contributed by atoms with Crippen molar-refractivity contribution in [3.8, 4) is 0 Å². The third kappa shape index (κ3) is 3.23. The zero-order valence-corrected chi connectivity index (χ0v) is 11.1. The van der Waals surface area contributed by atoms with E-state index in [4.69, 9.17) is 0 Å². The summed E-state index contributed by atoms with van der Waals surface area (Å²) in [6.45, 7) is 3.72. The monoisotopic (exact) mass is 292 g/mol. The van der Waals surface area contributed by atoms with Gasteiger partial charge in [-0.2, -0.15) is 0 Å². The van der Waals surface area contributed by atoms with Crippen molar-refractivity contribution in [2.75, 3.05) is 11.4 Å². The Morgan fingerprint density at radius 2 is 2.12 bits per heavy atom. The zero-order chi connectivity index (χ0) is 12.1. The van der Waals surface area contributed by atoms with E-state index in [9.17, 15) is 0 Å². The standard InChI is InChI=1S/C12H13BrN4/c1-2-17(8-10-5-3-4-6-14-10)12-7-11(13)15-9-16-12/h3-7,9H,2,8H2,1H3. The number of nitrogens with zero attached hydrogens (tertiary/aromatic N) is 4. The third-order valence-electron chi connectivity index (χ3n) is 2.40. The van der Waals surface area contributed by atoms with Crippen LogP contribution in [0.5, 0.6) is 0 Å². The topological polar surface area (TPSA) is 41.9 Å². The van der Waals surface area contributed by atoms with Crippen molar-refractivity contribution in [1.29, 1.82) is 0 Å². The van der Waals surface area contributed by atoms with Crippen LogP contribution in [-0.2, 0) is 6.54 Å². The summed E-state index contributed by atoms with van der Waals surface area (Å²) >= 11 is 3.35. The number of rotatable bonds is 4. The van der Waals surface area contributed by atoms with Gasteiger partial charge in [0.15, 0.2) is 0 Å². The molecule has 2 heterocycles. The van der Waals surface area contributed by atoms with Crippen LogP contribution in [0.1, 0.15) is 12.6 Å². The number of anilines is 1. The van der Waals surface area contributed by atoms with Crippen molar-refractivity contribution in [2.45, 2.75) is 13.5 Å². The van der Waals surface area contributed by atoms with E-state index in [2.05, 4.69) is 42.7 Å². The summed E-state index contributed by atoms with van der Waals surface area (Å²) in [4.78, 5) is 14.8. The molecule has 4 nitrogen and oxygen atoms in total. The molecule has 17 heavy (non-hydrogen) atoms. The maximum atomic E-state index is 4.32. The Labute approximate surface area is 109 Å². The smallest absolute Gasteiger partial charge is 0.133 e. The highest BCUT2D eigenvalue weighted by Gasteiger charge is 2.07. The molecule has 0 aliphatic heterocycles. The van der Waals surface area contributed by atoms with Crippen molar-refractivity contribution in [3.05, 3.63) is 47.1 Å². The van der Waals surface area contributed by atoms with Crippen LogP contribution in [0.4, 0.5) is 5.82 Å². The summed E-state index contributed by atoms with van der Waals surface area (Å²) in [6.07, 6.45) is 3.36. The van der Waals surface area contributed by atoms with Gasteiger partial charge in [0.25, 0.3) is 0 Å². The highest BCUT2D eigenvalue weighted by atomic mass is 79.9. The molecule has 0 saturated carbocycles. The van der Waals surface area contributed by atoms with Crippen molar-refractivity contribution < 1.29 is 0 Å². The number of aromatic nitrogens is 3. The van der Waals surface area contributed by atoms with Crippen LogP contribution >= 0.6 is 15.9 Å². The molecule has 0 aliphatic rings. The molecular formula is C12H13BrN4. The third-order valence-corrected chi connectivity index (χ3v) is 2.84. The second-order valence-electron chi connectivity index (χ2n) is 3.53. The Morgan fingerprint density at radius 3 is 2.76 bits per heavy atom. The first-order chi connectivity index (χ1) is 8.29. The molecule has 0 aliphatic carbocycles. The van der Waals surface area contributed by atoms with Crippen LogP contribution in [0, 0.1) is 0 Å². The number of hydrogen-bond acceptors (Lipinski definition) is 4. The molecule has 0 saturated heterocycles. The lowest BCUT2D eigenvalue weighted by molar-refractivity contribution is 0.790. The highest BCUT2D eigenvalue weighted by Crippen LogP contribution is 2.16. The van der Waals surface area contributed by atoms with Gasteiger partial charge in [0.2, 0.25) is 0 Å². The fourth-order valence-electron chi connectivity index (χ4n) is 1.54. The summed E-state index contributed by atoms with van der Waals surface area (Å²) < 4.78 is 0.793. The molecule has 5 heteroatoms. The lowest BCUT2D eigenvalue weighted by Gasteiger charge is -2.21. The van der Waals surface area contributed by atoms with Crippen molar-refractivity contribution in [3.63, 3.8) is 0 Å². The molecular weight excluding hydrogens is 280 g/mol. The van der Waals surface area contributed by atoms with Crippen LogP contribution in [0.15, 0.2) is 41.4 Å². The van der Waals surface area contributed by atoms with Crippen molar-refractivity contribution >= 4 is 21.7 Å². The van der Waals surface area contributed by atoms with E-state index in [-0.39, 0.29) is 0 Å². The van der Waals surface area contributed by atoms with Gasteiger partial charge in [-0.05, 0) is 35.0 Å². The van der Waals surface area contributed by atoms with Gasteiger partial charge in [0, 0.05) is 18.8 Å². The van der Waals surface area contributed by atoms with Crippen LogP contribution < -0.4 is 4.90 Å². The van der Waals surface area contributed by atoms with Crippen LogP contribution in [0.25, 0.3) is 0 Å². The fourth-order valence-corrected chi connectivity index (χ4v) is 1.84. The minimum Gasteiger partial charge on any atom is -0.351 e. The zero-order valence-electron chi connectivity index (χ0n) is 9.55. The first-order valence-electron chi connectivity index (χ1n) is 5.42. The molecule has 0 unspecified atom stereocenters. The van der Waals surface area contributed by atoms with E-state index >= 15 is 0 Å². The Hall–Kier alpha value is -1.49. The summed E-state index contributed by atoms with van der Waals surface area (Å²) in [5.41, 5.74) is 1.03. The number of hydrogen-bond donors (Lipinski definition) is 0. The molecule has 0 bridgehead atoms. The van der Waals surface area contributed by atoms with Gasteiger partial charge >= 0.3 is 0 Å². The first-order valence-corrected chi connectivity index (χ1v) is 6.21. The van der Waals surface area contributed by atoms with Gasteiger partial charge < -0.3 is 4.90 Å². The van der Waals surface area contributed by atoms with E-state index in [0.717, 1.165) is 29.2 Å². The molecule has 0 amide bonds. The largest absolute Gasteiger partial charge is 0.351 e. The summed E-state index contributed by atoms with van der Waals surface area (Å²) in [6, 6.07) is 7.83. The molecule has 0 atom stereocenters. The summed E-state index contributed by atoms with van der Waals surface area (Å²) in [7, 11) is 0. The second kappa shape index (κ2) is 5.72. The Morgan fingerprint density at radius 1 is 1.24 bits per heavy atom. The number of halogens is 1. The van der Waals surface area contributed by atoms with E-state index < -0.39 is 0 Å². The molecule has 2 aromatic rings. The summed E-state index contributed by atoms with van der Waals surface area (Å²) in [5.74, 6) is 0.903. The molecule has 0 fully saturated rings. The fraction of sp³-hybridized carbons (Fsp3) is 0.250. The van der Waals surface area contributed by atoms with Gasteiger partial charge in [0.05, 0.1) is 12.2 Å². The Bertz CT molecular complexity index is 475. The van der Waals surface area contributed by atoms with Crippen LogP contribution in [0.3, 0.4) is 0 Å². The SMILES string of the molecule is CCN(Cc1ccccn1)c1cc(Br)ncn1. The maximum absolute atomic E-state index is 4.32. The molecule has 0 aromatic carbocycles. The average Bonchev–Trinajstić information content (AvgIpc) is 2.37. The van der Waals surface area contributed by atoms with Gasteiger partial charge in [-0.15, -0.1) is 0 Å². The molecule has 88 valence electrons. The van der Waals surface area contributed by atoms with E-state index in [1.165, 1.54) is 0 Å². The van der Waals surface area contributed by atoms with Gasteiger partial charge in [-0.3, -0.25) is 4.98 Å². The molecule has 0 radical (unpaired) electrons.